The van der Waals surface area contributed by atoms with E-state index in [2.05, 4.69) is 20.7 Å². The SMILES string of the molecule is CCC(=O)N1CCc2cc(S(=O)(=O)Nc3ccccc3Br)ccc21. The number of hydrogen-bond donors (Lipinski definition) is 1. The number of fused-ring (bicyclic) bond motifs is 1. The van der Waals surface area contributed by atoms with E-state index in [0.717, 1.165) is 11.3 Å². The highest BCUT2D eigenvalue weighted by Gasteiger charge is 2.26. The predicted octanol–water partition coefficient (Wildman–Crippen LogP) is 3.55. The summed E-state index contributed by atoms with van der Waals surface area (Å²) in [5, 5.41) is 0. The molecule has 0 aliphatic carbocycles. The molecule has 24 heavy (non-hydrogen) atoms. The Morgan fingerprint density at radius 3 is 2.71 bits per heavy atom. The third kappa shape index (κ3) is 3.18. The van der Waals surface area contributed by atoms with Crippen LogP contribution in [0.25, 0.3) is 0 Å². The maximum Gasteiger partial charge on any atom is 0.261 e. The zero-order valence-corrected chi connectivity index (χ0v) is 15.5. The monoisotopic (exact) mass is 408 g/mol. The number of sulfonamides is 1. The van der Waals surface area contributed by atoms with E-state index in [-0.39, 0.29) is 10.8 Å². The van der Waals surface area contributed by atoms with Crippen molar-refractivity contribution in [2.24, 2.45) is 0 Å². The first-order valence-electron chi connectivity index (χ1n) is 7.63. The molecule has 1 aliphatic rings. The first-order chi connectivity index (χ1) is 11.4. The van der Waals surface area contributed by atoms with E-state index in [0.29, 0.717) is 29.5 Å². The smallest absolute Gasteiger partial charge is 0.261 e. The highest BCUT2D eigenvalue weighted by atomic mass is 79.9. The molecule has 1 N–H and O–H groups in total. The van der Waals surface area contributed by atoms with Crippen LogP contribution in [0.2, 0.25) is 0 Å². The molecule has 5 nitrogen and oxygen atoms in total. The molecule has 0 aromatic heterocycles. The molecule has 126 valence electrons. The summed E-state index contributed by atoms with van der Waals surface area (Å²) in [6.45, 7) is 2.42. The summed E-state index contributed by atoms with van der Waals surface area (Å²) in [6.07, 6.45) is 1.10. The van der Waals surface area contributed by atoms with Gasteiger partial charge in [0.1, 0.15) is 0 Å². The van der Waals surface area contributed by atoms with Crippen molar-refractivity contribution in [1.29, 1.82) is 0 Å². The third-order valence-corrected chi connectivity index (χ3v) is 6.03. The van der Waals surface area contributed by atoms with Gasteiger partial charge in [-0.05, 0) is 58.2 Å². The average Bonchev–Trinajstić information content (AvgIpc) is 2.99. The molecule has 0 fully saturated rings. The minimum Gasteiger partial charge on any atom is -0.312 e. The first kappa shape index (κ1) is 17.0. The molecule has 0 spiro atoms. The molecule has 2 aromatic rings. The maximum absolute atomic E-state index is 12.6. The fourth-order valence-electron chi connectivity index (χ4n) is 2.74. The lowest BCUT2D eigenvalue weighted by molar-refractivity contribution is -0.118. The van der Waals surface area contributed by atoms with Gasteiger partial charge in [-0.3, -0.25) is 9.52 Å². The molecule has 0 bridgehead atoms. The lowest BCUT2D eigenvalue weighted by Gasteiger charge is -2.16. The van der Waals surface area contributed by atoms with Crippen LogP contribution in [-0.2, 0) is 21.2 Å². The molecule has 0 saturated heterocycles. The summed E-state index contributed by atoms with van der Waals surface area (Å²) < 4.78 is 28.5. The second kappa shape index (κ2) is 6.57. The van der Waals surface area contributed by atoms with Crippen LogP contribution in [0.4, 0.5) is 11.4 Å². The first-order valence-corrected chi connectivity index (χ1v) is 9.90. The van der Waals surface area contributed by atoms with Crippen molar-refractivity contribution in [3.05, 3.63) is 52.5 Å². The number of halogens is 1. The zero-order valence-electron chi connectivity index (χ0n) is 13.1. The van der Waals surface area contributed by atoms with Crippen LogP contribution in [0.5, 0.6) is 0 Å². The Balaban J connectivity index is 1.91. The number of hydrogen-bond acceptors (Lipinski definition) is 3. The molecule has 0 atom stereocenters. The van der Waals surface area contributed by atoms with E-state index in [1.807, 2.05) is 13.0 Å². The molecule has 1 aliphatic heterocycles. The molecule has 0 unspecified atom stereocenters. The van der Waals surface area contributed by atoms with Crippen LogP contribution in [0.15, 0.2) is 51.8 Å². The molecule has 3 rings (SSSR count). The summed E-state index contributed by atoms with van der Waals surface area (Å²) in [5.74, 6) is 0.0516. The predicted molar refractivity (Wildman–Crippen MR) is 97.7 cm³/mol. The van der Waals surface area contributed by atoms with Crippen LogP contribution < -0.4 is 9.62 Å². The van der Waals surface area contributed by atoms with Gasteiger partial charge in [-0.15, -0.1) is 0 Å². The van der Waals surface area contributed by atoms with Crippen LogP contribution in [-0.4, -0.2) is 20.9 Å². The van der Waals surface area contributed by atoms with Gasteiger partial charge in [-0.1, -0.05) is 19.1 Å². The van der Waals surface area contributed by atoms with Crippen LogP contribution >= 0.6 is 15.9 Å². The molecule has 2 aromatic carbocycles. The molecule has 1 heterocycles. The quantitative estimate of drug-likeness (QED) is 0.840. The molecular formula is C17H17BrN2O3S. The van der Waals surface area contributed by atoms with Gasteiger partial charge >= 0.3 is 0 Å². The number of para-hydroxylation sites is 1. The van der Waals surface area contributed by atoms with E-state index in [9.17, 15) is 13.2 Å². The molecule has 0 radical (unpaired) electrons. The van der Waals surface area contributed by atoms with Crippen LogP contribution in [0.3, 0.4) is 0 Å². The number of rotatable bonds is 4. The van der Waals surface area contributed by atoms with Gasteiger partial charge in [0, 0.05) is 23.1 Å². The summed E-state index contributed by atoms with van der Waals surface area (Å²) in [7, 11) is -3.68. The lowest BCUT2D eigenvalue weighted by Crippen LogP contribution is -2.27. The molecular weight excluding hydrogens is 392 g/mol. The standard InChI is InChI=1S/C17H17BrN2O3S/c1-2-17(21)20-10-9-12-11-13(7-8-16(12)20)24(22,23)19-15-6-4-3-5-14(15)18/h3-8,11,19H,2,9-10H2,1H3. The van der Waals surface area contributed by atoms with Gasteiger partial charge in [0.05, 0.1) is 10.6 Å². The Hall–Kier alpha value is -1.86. The highest BCUT2D eigenvalue weighted by Crippen LogP contribution is 2.32. The van der Waals surface area contributed by atoms with Gasteiger partial charge < -0.3 is 4.90 Å². The van der Waals surface area contributed by atoms with Crippen molar-refractivity contribution in [3.8, 4) is 0 Å². The number of carbonyl (C=O) groups is 1. The fourth-order valence-corrected chi connectivity index (χ4v) is 4.39. The lowest BCUT2D eigenvalue weighted by atomic mass is 10.2. The van der Waals surface area contributed by atoms with Crippen molar-refractivity contribution in [2.45, 2.75) is 24.7 Å². The van der Waals surface area contributed by atoms with Crippen molar-refractivity contribution in [1.82, 2.24) is 0 Å². The number of carbonyl (C=O) groups excluding carboxylic acids is 1. The van der Waals surface area contributed by atoms with Gasteiger partial charge in [-0.2, -0.15) is 0 Å². The minimum atomic E-state index is -3.68. The number of nitrogens with zero attached hydrogens (tertiary/aromatic N) is 1. The Labute approximate surface area is 149 Å². The van der Waals surface area contributed by atoms with Crippen LogP contribution in [0, 0.1) is 0 Å². The van der Waals surface area contributed by atoms with E-state index < -0.39 is 10.0 Å². The largest absolute Gasteiger partial charge is 0.312 e. The fraction of sp³-hybridized carbons (Fsp3) is 0.235. The van der Waals surface area contributed by atoms with E-state index in [1.165, 1.54) is 0 Å². The van der Waals surface area contributed by atoms with E-state index in [4.69, 9.17) is 0 Å². The Bertz CT molecular complexity index is 896. The summed E-state index contributed by atoms with van der Waals surface area (Å²) in [5.41, 5.74) is 2.18. The summed E-state index contributed by atoms with van der Waals surface area (Å²) >= 11 is 3.33. The Morgan fingerprint density at radius 1 is 1.25 bits per heavy atom. The third-order valence-electron chi connectivity index (χ3n) is 3.98. The van der Waals surface area contributed by atoms with Gasteiger partial charge in [0.15, 0.2) is 0 Å². The molecule has 1 amide bonds. The second-order valence-electron chi connectivity index (χ2n) is 5.52. The number of amides is 1. The van der Waals surface area contributed by atoms with Crippen molar-refractivity contribution in [3.63, 3.8) is 0 Å². The minimum absolute atomic E-state index is 0.0516. The van der Waals surface area contributed by atoms with Crippen molar-refractivity contribution >= 4 is 43.2 Å². The molecule has 7 heteroatoms. The average molecular weight is 409 g/mol. The van der Waals surface area contributed by atoms with Crippen molar-refractivity contribution in [2.75, 3.05) is 16.2 Å². The van der Waals surface area contributed by atoms with Gasteiger partial charge in [0.25, 0.3) is 10.0 Å². The van der Waals surface area contributed by atoms with Gasteiger partial charge in [-0.25, -0.2) is 8.42 Å². The van der Waals surface area contributed by atoms with Crippen LogP contribution in [0.1, 0.15) is 18.9 Å². The number of nitrogens with one attached hydrogen (secondary N) is 1. The van der Waals surface area contributed by atoms with Crippen molar-refractivity contribution < 1.29 is 13.2 Å². The number of benzene rings is 2. The molecule has 0 saturated carbocycles. The van der Waals surface area contributed by atoms with E-state index in [1.54, 1.807) is 41.3 Å². The summed E-state index contributed by atoms with van der Waals surface area (Å²) in [4.78, 5) is 13.8. The Morgan fingerprint density at radius 2 is 2.00 bits per heavy atom. The topological polar surface area (TPSA) is 66.5 Å². The summed E-state index contributed by atoms with van der Waals surface area (Å²) in [6, 6.07) is 11.9. The normalized spacial score (nSPS) is 13.7. The highest BCUT2D eigenvalue weighted by molar-refractivity contribution is 9.10. The zero-order chi connectivity index (χ0) is 17.3. The number of anilines is 2. The van der Waals surface area contributed by atoms with Gasteiger partial charge in [0.2, 0.25) is 5.91 Å². The van der Waals surface area contributed by atoms with E-state index >= 15 is 0 Å². The maximum atomic E-state index is 12.6. The Kier molecular flexibility index (Phi) is 4.64. The second-order valence-corrected chi connectivity index (χ2v) is 8.06.